The topological polar surface area (TPSA) is 79.6 Å². The summed E-state index contributed by atoms with van der Waals surface area (Å²) >= 11 is 0. The highest BCUT2D eigenvalue weighted by Crippen LogP contribution is 2.32. The summed E-state index contributed by atoms with van der Waals surface area (Å²) in [5, 5.41) is 14.9. The van der Waals surface area contributed by atoms with E-state index in [2.05, 4.69) is 10.2 Å². The van der Waals surface area contributed by atoms with E-state index in [-0.39, 0.29) is 11.8 Å². The molecular weight excluding hydrogens is 404 g/mol. The van der Waals surface area contributed by atoms with Crippen molar-refractivity contribution in [2.45, 2.75) is 27.2 Å². The number of pyridine rings is 1. The zero-order valence-corrected chi connectivity index (χ0v) is 19.1. The fraction of sp³-hybridized carbons (Fsp3) is 0.480. The van der Waals surface area contributed by atoms with Crippen LogP contribution in [-0.2, 0) is 0 Å². The number of hydrogen-bond acceptors (Lipinski definition) is 4. The van der Waals surface area contributed by atoms with Crippen molar-refractivity contribution in [3.8, 4) is 0 Å². The van der Waals surface area contributed by atoms with Gasteiger partial charge in [0.05, 0.1) is 0 Å². The Morgan fingerprint density at radius 1 is 1.03 bits per heavy atom. The Balaban J connectivity index is 1.22. The zero-order valence-electron chi connectivity index (χ0n) is 19.1. The lowest BCUT2D eigenvalue weighted by Gasteiger charge is -2.22. The molecule has 170 valence electrons. The Morgan fingerprint density at radius 2 is 1.69 bits per heavy atom. The van der Waals surface area contributed by atoms with E-state index in [0.717, 1.165) is 55.0 Å². The van der Waals surface area contributed by atoms with Gasteiger partial charge in [0.1, 0.15) is 5.56 Å². The molecule has 1 N–H and O–H groups in total. The molecule has 2 aliphatic heterocycles. The fourth-order valence-corrected chi connectivity index (χ4v) is 5.00. The highest BCUT2D eigenvalue weighted by molar-refractivity contribution is 5.96. The van der Waals surface area contributed by atoms with Crippen LogP contribution in [0.25, 0.3) is 0 Å². The Hall–Kier alpha value is -2.93. The second-order valence-electron chi connectivity index (χ2n) is 9.25. The average Bonchev–Trinajstić information content (AvgIpc) is 3.33. The maximum absolute atomic E-state index is 13.1. The normalized spacial score (nSPS) is 20.4. The van der Waals surface area contributed by atoms with Crippen molar-refractivity contribution in [3.63, 3.8) is 0 Å². The number of carbonyl (C=O) groups is 2. The van der Waals surface area contributed by atoms with Crippen LogP contribution in [0.5, 0.6) is 0 Å². The minimum Gasteiger partial charge on any atom is -0.618 e. The molecule has 2 atom stereocenters. The minimum atomic E-state index is -0.0247. The molecule has 32 heavy (non-hydrogen) atoms. The highest BCUT2D eigenvalue weighted by atomic mass is 16.5. The standard InChI is InChI=1S/C25H32N4O3/c1-17-5-7-20(8-6-17)24(30)26-10-4-11-27-13-21-15-28(16-22(21)14-27)25(31)23-18(2)9-12-29(32)19(23)3/h5-9,12,21-22H,4,10-11,13-16H2,1-3H3,(H,26,30). The first-order chi connectivity index (χ1) is 15.3. The highest BCUT2D eigenvalue weighted by Gasteiger charge is 2.42. The minimum absolute atomic E-state index is 0.0232. The van der Waals surface area contributed by atoms with E-state index in [1.54, 1.807) is 13.0 Å². The molecule has 0 saturated carbocycles. The lowest BCUT2D eigenvalue weighted by molar-refractivity contribution is -0.612. The van der Waals surface area contributed by atoms with E-state index < -0.39 is 0 Å². The lowest BCUT2D eigenvalue weighted by atomic mass is 10.0. The summed E-state index contributed by atoms with van der Waals surface area (Å²) in [5.74, 6) is 0.905. The van der Waals surface area contributed by atoms with Crippen molar-refractivity contribution < 1.29 is 14.3 Å². The predicted octanol–water partition coefficient (Wildman–Crippen LogP) is 2.07. The smallest absolute Gasteiger partial charge is 0.260 e. The van der Waals surface area contributed by atoms with Crippen LogP contribution in [0.1, 0.15) is 44.0 Å². The zero-order chi connectivity index (χ0) is 22.8. The molecule has 0 bridgehead atoms. The third-order valence-electron chi connectivity index (χ3n) is 6.86. The lowest BCUT2D eigenvalue weighted by Crippen LogP contribution is -2.38. The molecule has 1 aromatic heterocycles. The number of amides is 2. The molecule has 7 heteroatoms. The summed E-state index contributed by atoms with van der Waals surface area (Å²) in [7, 11) is 0. The Labute approximate surface area is 189 Å². The summed E-state index contributed by atoms with van der Waals surface area (Å²) in [5.41, 5.74) is 3.71. The fourth-order valence-electron chi connectivity index (χ4n) is 5.00. The van der Waals surface area contributed by atoms with Crippen molar-refractivity contribution in [1.29, 1.82) is 0 Å². The molecule has 2 fully saturated rings. The van der Waals surface area contributed by atoms with Crippen LogP contribution < -0.4 is 10.0 Å². The van der Waals surface area contributed by atoms with Crippen LogP contribution in [0.4, 0.5) is 0 Å². The number of rotatable bonds is 6. The van der Waals surface area contributed by atoms with Crippen molar-refractivity contribution in [2.24, 2.45) is 11.8 Å². The van der Waals surface area contributed by atoms with Gasteiger partial charge in [-0.2, -0.15) is 4.73 Å². The van der Waals surface area contributed by atoms with Crippen LogP contribution in [0, 0.1) is 37.8 Å². The average molecular weight is 437 g/mol. The van der Waals surface area contributed by atoms with Gasteiger partial charge in [-0.3, -0.25) is 9.59 Å². The Bertz CT molecular complexity index is 991. The van der Waals surface area contributed by atoms with Gasteiger partial charge in [-0.15, -0.1) is 0 Å². The number of aryl methyl sites for hydroxylation is 2. The quantitative estimate of drug-likeness (QED) is 0.427. The Morgan fingerprint density at radius 3 is 2.34 bits per heavy atom. The number of carbonyl (C=O) groups excluding carboxylic acids is 2. The maximum atomic E-state index is 13.1. The molecule has 3 heterocycles. The van der Waals surface area contributed by atoms with Crippen LogP contribution in [-0.4, -0.2) is 60.9 Å². The number of likely N-dealkylation sites (tertiary alicyclic amines) is 2. The van der Waals surface area contributed by atoms with Gasteiger partial charge in [0.25, 0.3) is 11.8 Å². The van der Waals surface area contributed by atoms with E-state index >= 15 is 0 Å². The first-order valence-corrected chi connectivity index (χ1v) is 11.4. The third-order valence-corrected chi connectivity index (χ3v) is 6.86. The number of aromatic nitrogens is 1. The maximum Gasteiger partial charge on any atom is 0.260 e. The van der Waals surface area contributed by atoms with Gasteiger partial charge in [0.15, 0.2) is 6.20 Å². The van der Waals surface area contributed by atoms with Gasteiger partial charge in [-0.05, 0) is 56.3 Å². The molecular formula is C25H32N4O3. The van der Waals surface area contributed by atoms with Gasteiger partial charge in [0.2, 0.25) is 5.69 Å². The molecule has 7 nitrogen and oxygen atoms in total. The first-order valence-electron chi connectivity index (χ1n) is 11.4. The second-order valence-corrected chi connectivity index (χ2v) is 9.25. The number of nitrogens with zero attached hydrogens (tertiary/aromatic N) is 3. The summed E-state index contributed by atoms with van der Waals surface area (Å²) in [4.78, 5) is 29.7. The van der Waals surface area contributed by atoms with Crippen LogP contribution >= 0.6 is 0 Å². The van der Waals surface area contributed by atoms with E-state index in [0.29, 0.717) is 35.2 Å². The largest absolute Gasteiger partial charge is 0.618 e. The van der Waals surface area contributed by atoms with Crippen LogP contribution in [0.3, 0.4) is 0 Å². The first kappa shape index (κ1) is 22.3. The summed E-state index contributed by atoms with van der Waals surface area (Å²) < 4.78 is 0.774. The number of nitrogens with one attached hydrogen (secondary N) is 1. The molecule has 2 saturated heterocycles. The molecule has 0 radical (unpaired) electrons. The molecule has 4 rings (SSSR count). The van der Waals surface area contributed by atoms with Crippen LogP contribution in [0.2, 0.25) is 0 Å². The van der Waals surface area contributed by atoms with Gasteiger partial charge in [0, 0.05) is 51.3 Å². The summed E-state index contributed by atoms with van der Waals surface area (Å²) in [6.45, 7) is 10.7. The summed E-state index contributed by atoms with van der Waals surface area (Å²) in [6, 6.07) is 9.32. The number of hydrogen-bond donors (Lipinski definition) is 1. The van der Waals surface area contributed by atoms with Crippen LogP contribution in [0.15, 0.2) is 36.5 Å². The molecule has 1 aromatic carbocycles. The van der Waals surface area contributed by atoms with Crippen molar-refractivity contribution in [3.05, 3.63) is 69.7 Å². The molecule has 2 amide bonds. The Kier molecular flexibility index (Phi) is 6.46. The van der Waals surface area contributed by atoms with E-state index in [1.165, 1.54) is 6.20 Å². The van der Waals surface area contributed by atoms with Gasteiger partial charge in [-0.1, -0.05) is 17.7 Å². The van der Waals surface area contributed by atoms with E-state index in [1.807, 2.05) is 43.0 Å². The molecule has 0 spiro atoms. The predicted molar refractivity (Wildman–Crippen MR) is 122 cm³/mol. The summed E-state index contributed by atoms with van der Waals surface area (Å²) in [6.07, 6.45) is 2.37. The van der Waals surface area contributed by atoms with Crippen molar-refractivity contribution in [1.82, 2.24) is 15.1 Å². The molecule has 2 unspecified atom stereocenters. The third kappa shape index (κ3) is 4.63. The van der Waals surface area contributed by atoms with Gasteiger partial charge < -0.3 is 20.3 Å². The molecule has 2 aromatic rings. The van der Waals surface area contributed by atoms with Crippen molar-refractivity contribution >= 4 is 11.8 Å². The molecule has 2 aliphatic rings. The van der Waals surface area contributed by atoms with Gasteiger partial charge in [-0.25, -0.2) is 0 Å². The van der Waals surface area contributed by atoms with E-state index in [9.17, 15) is 14.8 Å². The van der Waals surface area contributed by atoms with Crippen molar-refractivity contribution in [2.75, 3.05) is 39.3 Å². The number of benzene rings is 1. The van der Waals surface area contributed by atoms with Gasteiger partial charge >= 0.3 is 0 Å². The number of fused-ring (bicyclic) bond motifs is 1. The molecule has 0 aliphatic carbocycles. The second kappa shape index (κ2) is 9.28. The monoisotopic (exact) mass is 436 g/mol. The SMILES string of the molecule is Cc1ccc(C(=O)NCCCN2CC3CN(C(=O)c4c(C)cc[n+]([O-])c4C)CC3C2)cc1. The van der Waals surface area contributed by atoms with E-state index in [4.69, 9.17) is 0 Å².